The number of aryl methyl sites for hydroxylation is 2. The van der Waals surface area contributed by atoms with E-state index in [0.29, 0.717) is 35.2 Å². The largest absolute Gasteiger partial charge is 0.369 e. The maximum Gasteiger partial charge on any atom is 0.265 e. The van der Waals surface area contributed by atoms with Crippen LogP contribution in [0.25, 0.3) is 27.5 Å². The van der Waals surface area contributed by atoms with Gasteiger partial charge in [0, 0.05) is 44.8 Å². The van der Waals surface area contributed by atoms with E-state index in [4.69, 9.17) is 0 Å². The number of fused-ring (bicyclic) bond motifs is 2. The molecular weight excluding hydrogens is 596 g/mol. The Morgan fingerprint density at radius 3 is 2.12 bits per heavy atom. The molecule has 0 fully saturated rings. The van der Waals surface area contributed by atoms with Crippen molar-refractivity contribution >= 4 is 39.8 Å². The molecule has 3 unspecified atom stereocenters. The summed E-state index contributed by atoms with van der Waals surface area (Å²) in [4.78, 5) is 45.5. The minimum atomic E-state index is -1.10. The van der Waals surface area contributed by atoms with Gasteiger partial charge in [-0.15, -0.1) is 0 Å². The summed E-state index contributed by atoms with van der Waals surface area (Å²) in [6.45, 7) is 12.4. The highest BCUT2D eigenvalue weighted by Crippen LogP contribution is 2.56. The predicted molar refractivity (Wildman–Crippen MR) is 188 cm³/mol. The molecular formula is C42H36N2O4. The number of aliphatic hydroxyl groups is 1. The number of anilines is 1. The van der Waals surface area contributed by atoms with Crippen molar-refractivity contribution in [1.82, 2.24) is 4.90 Å². The number of nitrogens with zero attached hydrogens (tertiary/aromatic N) is 2. The Labute approximate surface area is 279 Å². The number of rotatable bonds is 2. The lowest BCUT2D eigenvalue weighted by Crippen LogP contribution is -2.43. The third-order valence-corrected chi connectivity index (χ3v) is 11.9. The number of amides is 3. The number of imide groups is 1. The topological polar surface area (TPSA) is 77.9 Å². The molecule has 4 aromatic rings. The monoisotopic (exact) mass is 632 g/mol. The molecule has 48 heavy (non-hydrogen) atoms. The summed E-state index contributed by atoms with van der Waals surface area (Å²) in [5.74, 6) is -0.600. The highest BCUT2D eigenvalue weighted by molar-refractivity contribution is 6.42. The number of carbonyl (C=O) groups excluding carboxylic acids is 3. The Hall–Kier alpha value is -5.07. The van der Waals surface area contributed by atoms with E-state index < -0.39 is 6.23 Å². The average Bonchev–Trinajstić information content (AvgIpc) is 3.06. The second-order valence-corrected chi connectivity index (χ2v) is 14.3. The number of aliphatic hydroxyl groups excluding tert-OH is 1. The van der Waals surface area contributed by atoms with Crippen LogP contribution in [-0.4, -0.2) is 27.7 Å². The molecule has 3 amide bonds. The maximum atomic E-state index is 14.2. The van der Waals surface area contributed by atoms with Gasteiger partial charge in [-0.25, -0.2) is 4.90 Å². The van der Waals surface area contributed by atoms with Crippen LogP contribution in [0.5, 0.6) is 0 Å². The average molecular weight is 633 g/mol. The van der Waals surface area contributed by atoms with E-state index in [1.807, 2.05) is 81.5 Å². The first kappa shape index (κ1) is 29.1. The quantitative estimate of drug-likeness (QED) is 0.225. The number of carbonyl (C=O) groups is 3. The third kappa shape index (κ3) is 3.58. The van der Waals surface area contributed by atoms with Gasteiger partial charge in [-0.05, 0) is 128 Å². The molecule has 0 bridgehead atoms. The van der Waals surface area contributed by atoms with Crippen LogP contribution in [0.15, 0.2) is 77.5 Å². The van der Waals surface area contributed by atoms with Gasteiger partial charge in [-0.3, -0.25) is 19.3 Å². The molecule has 2 heterocycles. The fraction of sp³-hybridized carbons (Fsp3) is 0.262. The Bertz CT molecular complexity index is 2330. The van der Waals surface area contributed by atoms with Crippen molar-refractivity contribution in [3.8, 4) is 11.1 Å². The van der Waals surface area contributed by atoms with Gasteiger partial charge in [0.15, 0.2) is 6.23 Å². The van der Waals surface area contributed by atoms with E-state index in [9.17, 15) is 19.5 Å². The fourth-order valence-corrected chi connectivity index (χ4v) is 8.90. The molecule has 0 radical (unpaired) electrons. The second kappa shape index (κ2) is 9.74. The SMILES string of the molecule is CC1=C(C)C(C)CC(N2C(=O)c3ccc4c5c(ccc(c35)C2O)-c2ccc3c5c2C4CC=C5C(=O)N(c2cc(C)c(C)c(C)c2)C3=O)=C1. The zero-order chi connectivity index (χ0) is 33.5. The first-order chi connectivity index (χ1) is 23.0. The molecule has 9 rings (SSSR count). The van der Waals surface area contributed by atoms with Crippen molar-refractivity contribution in [1.29, 1.82) is 0 Å². The van der Waals surface area contributed by atoms with E-state index in [2.05, 4.69) is 20.8 Å². The fourth-order valence-electron chi connectivity index (χ4n) is 8.90. The highest BCUT2D eigenvalue weighted by atomic mass is 16.3. The standard InChI is InChI=1S/C42H36N2O4/c1-19-15-25(16-20(2)23(19)5)43-39(45)31-11-7-27-29-9-13-33-38-34(42(48)44(41(33)47)26-17-21(3)24(6)22(4)18-26)14-10-30(36(29)38)28-8-12-32(40(43)46)37(31)35(27)28/h7-9,11-15,17-18,20,30,39,45H,10,16H2,1-6H3. The summed E-state index contributed by atoms with van der Waals surface area (Å²) in [6, 6.07) is 15.7. The number of benzene rings is 4. The summed E-state index contributed by atoms with van der Waals surface area (Å²) in [6.07, 6.45) is 4.22. The van der Waals surface area contributed by atoms with Crippen LogP contribution < -0.4 is 4.90 Å². The van der Waals surface area contributed by atoms with Crippen LogP contribution in [0.2, 0.25) is 0 Å². The number of hydrogen-bond acceptors (Lipinski definition) is 4. The van der Waals surface area contributed by atoms with E-state index >= 15 is 0 Å². The van der Waals surface area contributed by atoms with Crippen LogP contribution in [0.4, 0.5) is 5.69 Å². The van der Waals surface area contributed by atoms with Crippen LogP contribution in [0.3, 0.4) is 0 Å². The van der Waals surface area contributed by atoms with Gasteiger partial charge in [0.25, 0.3) is 17.7 Å². The second-order valence-electron chi connectivity index (χ2n) is 14.3. The van der Waals surface area contributed by atoms with Gasteiger partial charge >= 0.3 is 0 Å². The van der Waals surface area contributed by atoms with E-state index in [1.54, 1.807) is 4.90 Å². The smallest absolute Gasteiger partial charge is 0.265 e. The van der Waals surface area contributed by atoms with Crippen LogP contribution in [0.1, 0.15) is 105 Å². The first-order valence-corrected chi connectivity index (χ1v) is 16.8. The molecule has 0 saturated heterocycles. The molecule has 0 spiro atoms. The highest BCUT2D eigenvalue weighted by Gasteiger charge is 2.45. The first-order valence-electron chi connectivity index (χ1n) is 16.8. The molecule has 0 aromatic heterocycles. The zero-order valence-corrected chi connectivity index (χ0v) is 28.0. The Morgan fingerprint density at radius 2 is 1.40 bits per heavy atom. The molecule has 0 saturated carbocycles. The van der Waals surface area contributed by atoms with E-state index in [-0.39, 0.29) is 29.6 Å². The summed E-state index contributed by atoms with van der Waals surface area (Å²) in [5, 5.41) is 13.6. The zero-order valence-electron chi connectivity index (χ0n) is 28.0. The van der Waals surface area contributed by atoms with Crippen molar-refractivity contribution in [2.45, 2.75) is 66.5 Å². The van der Waals surface area contributed by atoms with Gasteiger partial charge in [0.1, 0.15) is 0 Å². The van der Waals surface area contributed by atoms with Crippen LogP contribution in [-0.2, 0) is 4.79 Å². The van der Waals surface area contributed by atoms with Crippen molar-refractivity contribution in [2.24, 2.45) is 5.92 Å². The van der Waals surface area contributed by atoms with Crippen molar-refractivity contribution in [3.63, 3.8) is 0 Å². The third-order valence-electron chi connectivity index (χ3n) is 11.9. The maximum absolute atomic E-state index is 14.2. The lowest BCUT2D eigenvalue weighted by Gasteiger charge is -2.41. The molecule has 3 aliphatic carbocycles. The molecule has 4 aromatic carbocycles. The van der Waals surface area contributed by atoms with Gasteiger partial charge in [-0.2, -0.15) is 0 Å². The van der Waals surface area contributed by atoms with Gasteiger partial charge < -0.3 is 5.11 Å². The Kier molecular flexibility index (Phi) is 5.90. The molecule has 1 N–H and O–H groups in total. The van der Waals surface area contributed by atoms with Crippen molar-refractivity contribution in [2.75, 3.05) is 4.90 Å². The van der Waals surface area contributed by atoms with Gasteiger partial charge in [0.2, 0.25) is 0 Å². The minimum absolute atomic E-state index is 0.0885. The summed E-state index contributed by atoms with van der Waals surface area (Å²) < 4.78 is 0. The lowest BCUT2D eigenvalue weighted by atomic mass is 9.67. The van der Waals surface area contributed by atoms with E-state index in [0.717, 1.165) is 72.1 Å². The Balaban J connectivity index is 1.21. The summed E-state index contributed by atoms with van der Waals surface area (Å²) in [5.41, 5.74) is 14.2. The van der Waals surface area contributed by atoms with Crippen LogP contribution in [0, 0.1) is 26.7 Å². The van der Waals surface area contributed by atoms with Crippen LogP contribution >= 0.6 is 0 Å². The van der Waals surface area contributed by atoms with Crippen molar-refractivity contribution in [3.05, 3.63) is 128 Å². The van der Waals surface area contributed by atoms with Gasteiger partial charge in [0.05, 0.1) is 5.69 Å². The normalized spacial score (nSPS) is 22.3. The molecule has 5 aliphatic rings. The number of allylic oxidation sites excluding steroid dienone is 5. The van der Waals surface area contributed by atoms with E-state index in [1.165, 1.54) is 10.5 Å². The minimum Gasteiger partial charge on any atom is -0.369 e. The Morgan fingerprint density at radius 1 is 0.750 bits per heavy atom. The molecule has 6 nitrogen and oxygen atoms in total. The summed E-state index contributed by atoms with van der Waals surface area (Å²) >= 11 is 0. The predicted octanol–water partition coefficient (Wildman–Crippen LogP) is 8.56. The van der Waals surface area contributed by atoms with Crippen molar-refractivity contribution < 1.29 is 19.5 Å². The lowest BCUT2D eigenvalue weighted by molar-refractivity contribution is -0.112. The molecule has 6 heteroatoms. The molecule has 2 aliphatic heterocycles. The number of hydrogen-bond donors (Lipinski definition) is 1. The van der Waals surface area contributed by atoms with Gasteiger partial charge in [-0.1, -0.05) is 48.4 Å². The summed E-state index contributed by atoms with van der Waals surface area (Å²) in [7, 11) is 0. The molecule has 3 atom stereocenters. The molecule has 238 valence electrons.